The molecule has 1 aromatic carbocycles. The van der Waals surface area contributed by atoms with Gasteiger partial charge >= 0.3 is 0 Å². The molecule has 0 aromatic heterocycles. The summed E-state index contributed by atoms with van der Waals surface area (Å²) in [4.78, 5) is 0.340. The van der Waals surface area contributed by atoms with Gasteiger partial charge in [0.25, 0.3) is 0 Å². The summed E-state index contributed by atoms with van der Waals surface area (Å²) < 4.78 is 31.7. The van der Waals surface area contributed by atoms with Gasteiger partial charge in [0.2, 0.25) is 10.0 Å². The molecule has 0 atom stereocenters. The molecule has 0 fully saturated rings. The highest BCUT2D eigenvalue weighted by atomic mass is 32.2. The SMILES string of the molecule is COCC1=CCN(S(=O)(=O)c2ccc(CCN)cc2)CC1. The van der Waals surface area contributed by atoms with Crippen molar-refractivity contribution in [2.24, 2.45) is 5.73 Å². The second kappa shape index (κ2) is 7.17. The van der Waals surface area contributed by atoms with Crippen molar-refractivity contribution < 1.29 is 13.2 Å². The fraction of sp³-hybridized carbons (Fsp3) is 0.467. The highest BCUT2D eigenvalue weighted by Crippen LogP contribution is 2.21. The number of hydrogen-bond donors (Lipinski definition) is 1. The van der Waals surface area contributed by atoms with Gasteiger partial charge in [0.05, 0.1) is 11.5 Å². The minimum Gasteiger partial charge on any atom is -0.380 e. The topological polar surface area (TPSA) is 72.6 Å². The van der Waals surface area contributed by atoms with Crippen LogP contribution in [0, 0.1) is 0 Å². The number of hydrogen-bond acceptors (Lipinski definition) is 4. The smallest absolute Gasteiger partial charge is 0.243 e. The molecule has 6 heteroatoms. The monoisotopic (exact) mass is 310 g/mol. The van der Waals surface area contributed by atoms with Crippen molar-refractivity contribution in [2.45, 2.75) is 17.7 Å². The lowest BCUT2D eigenvalue weighted by molar-refractivity contribution is 0.219. The van der Waals surface area contributed by atoms with Crippen molar-refractivity contribution in [2.75, 3.05) is 33.4 Å². The molecule has 0 bridgehead atoms. The Morgan fingerprint density at radius 2 is 2.00 bits per heavy atom. The Labute approximate surface area is 126 Å². The second-order valence-corrected chi connectivity index (χ2v) is 7.03. The molecule has 0 saturated carbocycles. The third-order valence-corrected chi connectivity index (χ3v) is 5.47. The van der Waals surface area contributed by atoms with Crippen molar-refractivity contribution in [1.82, 2.24) is 4.31 Å². The van der Waals surface area contributed by atoms with E-state index in [1.54, 1.807) is 19.2 Å². The molecule has 1 aromatic rings. The molecule has 0 unspecified atom stereocenters. The van der Waals surface area contributed by atoms with Crippen LogP contribution in [0.2, 0.25) is 0 Å². The largest absolute Gasteiger partial charge is 0.380 e. The predicted octanol–water partition coefficient (Wildman–Crippen LogP) is 1.16. The summed E-state index contributed by atoms with van der Waals surface area (Å²) >= 11 is 0. The first-order chi connectivity index (χ1) is 10.1. The molecule has 21 heavy (non-hydrogen) atoms. The number of benzene rings is 1. The lowest BCUT2D eigenvalue weighted by Crippen LogP contribution is -2.35. The fourth-order valence-corrected chi connectivity index (χ4v) is 3.75. The Kier molecular flexibility index (Phi) is 5.52. The third-order valence-electron chi connectivity index (χ3n) is 3.59. The molecule has 0 amide bonds. The van der Waals surface area contributed by atoms with Crippen LogP contribution in [0.4, 0.5) is 0 Å². The lowest BCUT2D eigenvalue weighted by Gasteiger charge is -2.25. The average molecular weight is 310 g/mol. The van der Waals surface area contributed by atoms with Gasteiger partial charge in [0, 0.05) is 20.2 Å². The van der Waals surface area contributed by atoms with Crippen LogP contribution in [-0.4, -0.2) is 46.1 Å². The van der Waals surface area contributed by atoms with Gasteiger partial charge in [-0.25, -0.2) is 8.42 Å². The number of methoxy groups -OCH3 is 1. The Hall–Kier alpha value is -1.21. The molecule has 1 aliphatic heterocycles. The minimum atomic E-state index is -3.42. The van der Waals surface area contributed by atoms with Crippen molar-refractivity contribution in [3.05, 3.63) is 41.5 Å². The van der Waals surface area contributed by atoms with E-state index < -0.39 is 10.0 Å². The van der Waals surface area contributed by atoms with E-state index in [0.717, 1.165) is 24.0 Å². The normalized spacial score (nSPS) is 16.8. The Morgan fingerprint density at radius 1 is 1.29 bits per heavy atom. The van der Waals surface area contributed by atoms with Crippen LogP contribution in [0.15, 0.2) is 40.8 Å². The molecule has 5 nitrogen and oxygen atoms in total. The zero-order chi connectivity index (χ0) is 15.3. The van der Waals surface area contributed by atoms with Crippen molar-refractivity contribution in [3.8, 4) is 0 Å². The zero-order valence-electron chi connectivity index (χ0n) is 12.3. The summed E-state index contributed by atoms with van der Waals surface area (Å²) in [5, 5.41) is 0. The molecule has 1 heterocycles. The molecule has 2 rings (SSSR count). The molecular formula is C15H22N2O3S. The Morgan fingerprint density at radius 3 is 2.52 bits per heavy atom. The third kappa shape index (κ3) is 3.91. The van der Waals surface area contributed by atoms with Crippen LogP contribution in [-0.2, 0) is 21.2 Å². The van der Waals surface area contributed by atoms with Gasteiger partial charge in [-0.2, -0.15) is 4.31 Å². The summed E-state index contributed by atoms with van der Waals surface area (Å²) in [5.41, 5.74) is 7.70. The van der Waals surface area contributed by atoms with Crippen LogP contribution in [0.1, 0.15) is 12.0 Å². The van der Waals surface area contributed by atoms with Crippen LogP contribution >= 0.6 is 0 Å². The van der Waals surface area contributed by atoms with Gasteiger partial charge in [-0.15, -0.1) is 0 Å². The van der Waals surface area contributed by atoms with E-state index in [0.29, 0.717) is 31.1 Å². The van der Waals surface area contributed by atoms with Gasteiger partial charge in [0.15, 0.2) is 0 Å². The van der Waals surface area contributed by atoms with Crippen LogP contribution in [0.25, 0.3) is 0 Å². The molecule has 0 spiro atoms. The summed E-state index contributed by atoms with van der Waals surface area (Å²) in [7, 11) is -1.77. The maximum Gasteiger partial charge on any atom is 0.243 e. The van der Waals surface area contributed by atoms with E-state index >= 15 is 0 Å². The van der Waals surface area contributed by atoms with Gasteiger partial charge < -0.3 is 10.5 Å². The molecule has 1 aliphatic rings. The second-order valence-electron chi connectivity index (χ2n) is 5.09. The number of ether oxygens (including phenoxy) is 1. The van der Waals surface area contributed by atoms with Gasteiger partial charge in [-0.05, 0) is 42.7 Å². The summed E-state index contributed by atoms with van der Waals surface area (Å²) in [6.07, 6.45) is 3.42. The zero-order valence-corrected chi connectivity index (χ0v) is 13.1. The number of sulfonamides is 1. The van der Waals surface area contributed by atoms with E-state index in [1.165, 1.54) is 4.31 Å². The molecular weight excluding hydrogens is 288 g/mol. The first-order valence-corrected chi connectivity index (χ1v) is 8.48. The minimum absolute atomic E-state index is 0.340. The lowest BCUT2D eigenvalue weighted by atomic mass is 10.1. The van der Waals surface area contributed by atoms with Crippen LogP contribution in [0.5, 0.6) is 0 Å². The fourth-order valence-electron chi connectivity index (χ4n) is 2.37. The quantitative estimate of drug-likeness (QED) is 0.800. The van der Waals surface area contributed by atoms with Crippen molar-refractivity contribution >= 4 is 10.0 Å². The first kappa shape index (κ1) is 16.2. The average Bonchev–Trinajstić information content (AvgIpc) is 2.49. The maximum atomic E-state index is 12.6. The summed E-state index contributed by atoms with van der Waals surface area (Å²) in [6.45, 7) is 2.04. The maximum absolute atomic E-state index is 12.6. The van der Waals surface area contributed by atoms with Crippen molar-refractivity contribution in [3.63, 3.8) is 0 Å². The highest BCUT2D eigenvalue weighted by Gasteiger charge is 2.25. The van der Waals surface area contributed by atoms with E-state index in [2.05, 4.69) is 0 Å². The first-order valence-electron chi connectivity index (χ1n) is 7.04. The Balaban J connectivity index is 2.11. The van der Waals surface area contributed by atoms with E-state index in [1.807, 2.05) is 18.2 Å². The van der Waals surface area contributed by atoms with Gasteiger partial charge in [-0.1, -0.05) is 18.2 Å². The molecule has 116 valence electrons. The van der Waals surface area contributed by atoms with E-state index in [4.69, 9.17) is 10.5 Å². The molecule has 0 saturated heterocycles. The molecule has 2 N–H and O–H groups in total. The Bertz CT molecular complexity index is 594. The number of nitrogens with zero attached hydrogens (tertiary/aromatic N) is 1. The number of rotatable bonds is 6. The number of nitrogens with two attached hydrogens (primary N) is 1. The van der Waals surface area contributed by atoms with Gasteiger partial charge in [-0.3, -0.25) is 0 Å². The predicted molar refractivity (Wildman–Crippen MR) is 82.5 cm³/mol. The van der Waals surface area contributed by atoms with Gasteiger partial charge in [0.1, 0.15) is 0 Å². The summed E-state index contributed by atoms with van der Waals surface area (Å²) in [6, 6.07) is 6.98. The van der Waals surface area contributed by atoms with E-state index in [9.17, 15) is 8.42 Å². The highest BCUT2D eigenvalue weighted by molar-refractivity contribution is 7.89. The molecule has 0 aliphatic carbocycles. The standard InChI is InChI=1S/C15H22N2O3S/c1-20-12-14-7-10-17(11-8-14)21(18,19)15-4-2-13(3-5-15)6-9-16/h2-5,7H,6,8-12,16H2,1H3. The molecule has 0 radical (unpaired) electrons. The van der Waals surface area contributed by atoms with Crippen LogP contribution < -0.4 is 5.73 Å². The van der Waals surface area contributed by atoms with Crippen LogP contribution in [0.3, 0.4) is 0 Å². The van der Waals surface area contributed by atoms with Crippen molar-refractivity contribution in [1.29, 1.82) is 0 Å². The summed E-state index contributed by atoms with van der Waals surface area (Å²) in [5.74, 6) is 0. The van der Waals surface area contributed by atoms with E-state index in [-0.39, 0.29) is 0 Å².